The molecule has 1 N–H and O–H groups in total. The summed E-state index contributed by atoms with van der Waals surface area (Å²) >= 11 is 0. The van der Waals surface area contributed by atoms with Gasteiger partial charge in [-0.2, -0.15) is 4.98 Å². The first-order valence-corrected chi connectivity index (χ1v) is 7.60. The lowest BCUT2D eigenvalue weighted by molar-refractivity contribution is -0.145. The molecular weight excluding hydrogens is 301 g/mol. The molecule has 0 spiro atoms. The van der Waals surface area contributed by atoms with E-state index >= 15 is 0 Å². The van der Waals surface area contributed by atoms with Gasteiger partial charge in [0, 0.05) is 5.56 Å². The van der Waals surface area contributed by atoms with E-state index in [2.05, 4.69) is 10.1 Å². The Hall–Kier alpha value is -2.28. The molecule has 2 heterocycles. The van der Waals surface area contributed by atoms with Crippen LogP contribution in [0.1, 0.15) is 30.7 Å². The largest absolute Gasteiger partial charge is 0.480 e. The first-order chi connectivity index (χ1) is 11.0. The van der Waals surface area contributed by atoms with Gasteiger partial charge in [-0.3, -0.25) is 9.69 Å². The lowest BCUT2D eigenvalue weighted by Gasteiger charge is -2.31. The second kappa shape index (κ2) is 6.45. The number of halogens is 1. The molecule has 0 aliphatic carbocycles. The minimum Gasteiger partial charge on any atom is -0.480 e. The topological polar surface area (TPSA) is 79.5 Å². The number of piperidine rings is 1. The number of benzene rings is 1. The van der Waals surface area contributed by atoms with Crippen molar-refractivity contribution in [2.75, 3.05) is 6.54 Å². The highest BCUT2D eigenvalue weighted by Crippen LogP contribution is 2.22. The number of likely N-dealkylation sites (tertiary alicyclic amines) is 1. The van der Waals surface area contributed by atoms with Gasteiger partial charge in [0.25, 0.3) is 0 Å². The van der Waals surface area contributed by atoms with Crippen molar-refractivity contribution in [3.63, 3.8) is 0 Å². The van der Waals surface area contributed by atoms with Crippen molar-refractivity contribution in [3.05, 3.63) is 35.5 Å². The van der Waals surface area contributed by atoms with Crippen LogP contribution in [-0.4, -0.2) is 38.7 Å². The maximum absolute atomic E-state index is 13.3. The van der Waals surface area contributed by atoms with Gasteiger partial charge in [-0.15, -0.1) is 0 Å². The monoisotopic (exact) mass is 319 g/mol. The Kier molecular flexibility index (Phi) is 4.38. The summed E-state index contributed by atoms with van der Waals surface area (Å²) in [7, 11) is 0. The zero-order valence-electron chi connectivity index (χ0n) is 12.8. The van der Waals surface area contributed by atoms with E-state index < -0.39 is 12.0 Å². The first-order valence-electron chi connectivity index (χ1n) is 7.60. The van der Waals surface area contributed by atoms with Crippen molar-refractivity contribution in [2.24, 2.45) is 0 Å². The van der Waals surface area contributed by atoms with Crippen molar-refractivity contribution in [1.82, 2.24) is 15.0 Å². The van der Waals surface area contributed by atoms with Gasteiger partial charge in [0.1, 0.15) is 11.9 Å². The molecule has 1 fully saturated rings. The van der Waals surface area contributed by atoms with Crippen LogP contribution in [0.4, 0.5) is 4.39 Å². The fourth-order valence-electron chi connectivity index (χ4n) is 2.85. The second-order valence-corrected chi connectivity index (χ2v) is 5.80. The van der Waals surface area contributed by atoms with Crippen LogP contribution < -0.4 is 0 Å². The molecule has 0 bridgehead atoms. The summed E-state index contributed by atoms with van der Waals surface area (Å²) < 4.78 is 18.6. The molecule has 1 aromatic heterocycles. The quantitative estimate of drug-likeness (QED) is 0.933. The third-order valence-electron chi connectivity index (χ3n) is 4.12. The second-order valence-electron chi connectivity index (χ2n) is 5.80. The highest BCUT2D eigenvalue weighted by Gasteiger charge is 2.29. The Morgan fingerprint density at radius 1 is 1.48 bits per heavy atom. The average Bonchev–Trinajstić information content (AvgIpc) is 2.99. The van der Waals surface area contributed by atoms with Gasteiger partial charge in [-0.1, -0.05) is 11.6 Å². The van der Waals surface area contributed by atoms with Gasteiger partial charge < -0.3 is 9.63 Å². The van der Waals surface area contributed by atoms with Crippen LogP contribution in [0, 0.1) is 12.7 Å². The molecule has 2 aromatic rings. The highest BCUT2D eigenvalue weighted by molar-refractivity contribution is 5.73. The summed E-state index contributed by atoms with van der Waals surface area (Å²) in [5.74, 6) is -0.351. The third-order valence-corrected chi connectivity index (χ3v) is 4.12. The minimum absolute atomic E-state index is 0.282. The molecule has 1 atom stereocenters. The molecule has 1 unspecified atom stereocenters. The number of rotatable bonds is 4. The minimum atomic E-state index is -0.821. The summed E-state index contributed by atoms with van der Waals surface area (Å²) in [5, 5.41) is 13.2. The summed E-state index contributed by atoms with van der Waals surface area (Å²) in [6.45, 7) is 2.68. The molecule has 6 nitrogen and oxygen atoms in total. The maximum atomic E-state index is 13.3. The van der Waals surface area contributed by atoms with E-state index in [1.54, 1.807) is 19.1 Å². The number of aliphatic carboxylic acids is 1. The Morgan fingerprint density at radius 2 is 2.30 bits per heavy atom. The van der Waals surface area contributed by atoms with Crippen molar-refractivity contribution >= 4 is 5.97 Å². The predicted octanol–water partition coefficient (Wildman–Crippen LogP) is 2.62. The van der Waals surface area contributed by atoms with Gasteiger partial charge in [0.15, 0.2) is 0 Å². The number of nitrogens with zero attached hydrogens (tertiary/aromatic N) is 3. The fourth-order valence-corrected chi connectivity index (χ4v) is 2.85. The van der Waals surface area contributed by atoms with Crippen molar-refractivity contribution in [1.29, 1.82) is 0 Å². The maximum Gasteiger partial charge on any atom is 0.320 e. The van der Waals surface area contributed by atoms with Crippen LogP contribution in [-0.2, 0) is 11.3 Å². The van der Waals surface area contributed by atoms with Crippen LogP contribution in [0.15, 0.2) is 22.7 Å². The van der Waals surface area contributed by atoms with Crippen LogP contribution in [0.25, 0.3) is 11.4 Å². The molecule has 0 saturated carbocycles. The van der Waals surface area contributed by atoms with Crippen molar-refractivity contribution in [3.8, 4) is 11.4 Å². The number of carboxylic acids is 1. The molecule has 1 aromatic carbocycles. The number of hydrogen-bond acceptors (Lipinski definition) is 5. The molecule has 1 aliphatic heterocycles. The molecular formula is C16H18FN3O3. The molecule has 7 heteroatoms. The summed E-state index contributed by atoms with van der Waals surface area (Å²) in [4.78, 5) is 17.5. The number of carboxylic acid groups (broad SMARTS) is 1. The summed E-state index contributed by atoms with van der Waals surface area (Å²) in [6, 6.07) is 4.11. The molecule has 122 valence electrons. The Morgan fingerprint density at radius 3 is 3.04 bits per heavy atom. The highest BCUT2D eigenvalue weighted by atomic mass is 19.1. The zero-order valence-corrected chi connectivity index (χ0v) is 12.8. The lowest BCUT2D eigenvalue weighted by atomic mass is 10.0. The summed E-state index contributed by atoms with van der Waals surface area (Å²) in [5.41, 5.74) is 1.18. The SMILES string of the molecule is Cc1cc(-c2noc(CN3CCCCC3C(=O)O)n2)ccc1F. The zero-order chi connectivity index (χ0) is 16.4. The van der Waals surface area contributed by atoms with Gasteiger partial charge in [-0.25, -0.2) is 4.39 Å². The van der Waals surface area contributed by atoms with Crippen LogP contribution in [0.5, 0.6) is 0 Å². The molecule has 23 heavy (non-hydrogen) atoms. The molecule has 1 aliphatic rings. The number of aromatic nitrogens is 2. The number of carbonyl (C=O) groups is 1. The van der Waals surface area contributed by atoms with Gasteiger partial charge >= 0.3 is 5.97 Å². The van der Waals surface area contributed by atoms with E-state index in [4.69, 9.17) is 4.52 Å². The van der Waals surface area contributed by atoms with Crippen molar-refractivity contribution in [2.45, 2.75) is 38.8 Å². The molecule has 0 amide bonds. The lowest BCUT2D eigenvalue weighted by Crippen LogP contribution is -2.44. The molecule has 1 saturated heterocycles. The van der Waals surface area contributed by atoms with Crippen LogP contribution in [0.3, 0.4) is 0 Å². The average molecular weight is 319 g/mol. The van der Waals surface area contributed by atoms with Crippen molar-refractivity contribution < 1.29 is 18.8 Å². The number of hydrogen-bond donors (Lipinski definition) is 1. The van der Waals surface area contributed by atoms with Crippen LogP contribution >= 0.6 is 0 Å². The Bertz CT molecular complexity index is 716. The summed E-state index contributed by atoms with van der Waals surface area (Å²) in [6.07, 6.45) is 2.51. The van der Waals surface area contributed by atoms with Gasteiger partial charge in [-0.05, 0) is 50.1 Å². The van der Waals surface area contributed by atoms with Crippen LogP contribution in [0.2, 0.25) is 0 Å². The molecule has 0 radical (unpaired) electrons. The van der Waals surface area contributed by atoms with E-state index in [0.29, 0.717) is 42.4 Å². The normalized spacial score (nSPS) is 19.0. The Balaban J connectivity index is 1.76. The van der Waals surface area contributed by atoms with E-state index in [0.717, 1.165) is 12.8 Å². The van der Waals surface area contributed by atoms with E-state index in [-0.39, 0.29) is 5.82 Å². The van der Waals surface area contributed by atoms with E-state index in [9.17, 15) is 14.3 Å². The standard InChI is InChI=1S/C16H18FN3O3/c1-10-8-11(5-6-12(10)17)15-18-14(23-19-15)9-20-7-3-2-4-13(20)16(21)22/h5-6,8,13H,2-4,7,9H2,1H3,(H,21,22). The van der Waals surface area contributed by atoms with E-state index in [1.165, 1.54) is 6.07 Å². The fraction of sp³-hybridized carbons (Fsp3) is 0.438. The molecule has 3 rings (SSSR count). The smallest absolute Gasteiger partial charge is 0.320 e. The predicted molar refractivity (Wildman–Crippen MR) is 80.1 cm³/mol. The van der Waals surface area contributed by atoms with Gasteiger partial charge in [0.05, 0.1) is 6.54 Å². The van der Waals surface area contributed by atoms with E-state index in [1.807, 2.05) is 4.90 Å². The first kappa shape index (κ1) is 15.6. The number of aryl methyl sites for hydroxylation is 1. The van der Waals surface area contributed by atoms with Gasteiger partial charge in [0.2, 0.25) is 11.7 Å². The Labute approximate surface area is 132 Å². The third kappa shape index (κ3) is 3.39.